The van der Waals surface area contributed by atoms with Gasteiger partial charge in [0.25, 0.3) is 0 Å². The van der Waals surface area contributed by atoms with Crippen molar-refractivity contribution in [1.82, 2.24) is 9.97 Å². The summed E-state index contributed by atoms with van der Waals surface area (Å²) in [7, 11) is 0. The van der Waals surface area contributed by atoms with E-state index in [2.05, 4.69) is 15.3 Å². The van der Waals surface area contributed by atoms with Gasteiger partial charge >= 0.3 is 6.18 Å². The Morgan fingerprint density at radius 2 is 1.82 bits per heavy atom. The first-order valence-electron chi connectivity index (χ1n) is 11.0. The summed E-state index contributed by atoms with van der Waals surface area (Å²) in [6, 6.07) is 3.84. The van der Waals surface area contributed by atoms with Gasteiger partial charge in [0.15, 0.2) is 5.60 Å². The molecule has 2 unspecified atom stereocenters. The maximum atomic E-state index is 14.4. The molecule has 0 spiro atoms. The Labute approximate surface area is 194 Å². The molecule has 1 heterocycles. The number of phenols is 1. The van der Waals surface area contributed by atoms with Crippen LogP contribution in [0.15, 0.2) is 30.5 Å². The first-order valence-corrected chi connectivity index (χ1v) is 11.0. The Hall–Kier alpha value is -2.94. The summed E-state index contributed by atoms with van der Waals surface area (Å²) in [4.78, 5) is 8.13. The molecule has 0 saturated heterocycles. The zero-order chi connectivity index (χ0) is 25.2. The number of anilines is 1. The first kappa shape index (κ1) is 24.2. The third-order valence-electron chi connectivity index (χ3n) is 6.65. The summed E-state index contributed by atoms with van der Waals surface area (Å²) in [6.45, 7) is 8.49. The van der Waals surface area contributed by atoms with Crippen LogP contribution in [0, 0.1) is 12.7 Å². The maximum absolute atomic E-state index is 14.4. The molecule has 2 atom stereocenters. The van der Waals surface area contributed by atoms with Crippen molar-refractivity contribution in [3.63, 3.8) is 0 Å². The minimum atomic E-state index is -4.99. The van der Waals surface area contributed by atoms with Crippen LogP contribution in [0.4, 0.5) is 23.2 Å². The molecule has 0 fully saturated rings. The highest BCUT2D eigenvalue weighted by molar-refractivity contribution is 5.91. The zero-order valence-corrected chi connectivity index (χ0v) is 19.5. The minimum Gasteiger partial charge on any atom is -0.507 e. The van der Waals surface area contributed by atoms with Gasteiger partial charge in [-0.2, -0.15) is 13.2 Å². The van der Waals surface area contributed by atoms with Gasteiger partial charge in [0.2, 0.25) is 0 Å². The Morgan fingerprint density at radius 1 is 1.15 bits per heavy atom. The van der Waals surface area contributed by atoms with E-state index in [9.17, 15) is 27.8 Å². The number of aliphatic hydroxyl groups is 1. The van der Waals surface area contributed by atoms with Gasteiger partial charge in [0, 0.05) is 22.8 Å². The fourth-order valence-electron chi connectivity index (χ4n) is 5.08. The van der Waals surface area contributed by atoms with Crippen molar-refractivity contribution in [1.29, 1.82) is 0 Å². The van der Waals surface area contributed by atoms with Gasteiger partial charge in [0.05, 0.1) is 6.04 Å². The standard InChI is InChI=1S/C25H27F4N3O2/c1-12(2)14-6-7-15-19(21(14)33)23(4,5)11-24(34,25(27,28)29)22(15)32-18-9-8-17(26)20-16(18)10-30-13(3)31-20/h6-10,12,22,32-34H,11H2,1-5H3. The van der Waals surface area contributed by atoms with Gasteiger partial charge in [-0.3, -0.25) is 0 Å². The number of alkyl halides is 3. The molecule has 4 rings (SSSR count). The number of nitrogens with zero attached hydrogens (tertiary/aromatic N) is 2. The average molecular weight is 478 g/mol. The molecule has 0 radical (unpaired) electrons. The second-order valence-electron chi connectivity index (χ2n) is 9.96. The van der Waals surface area contributed by atoms with Crippen LogP contribution in [-0.2, 0) is 5.41 Å². The quantitative estimate of drug-likeness (QED) is 0.401. The lowest BCUT2D eigenvalue weighted by atomic mass is 9.62. The molecule has 3 aromatic rings. The predicted molar refractivity (Wildman–Crippen MR) is 121 cm³/mol. The van der Waals surface area contributed by atoms with Crippen LogP contribution in [0.5, 0.6) is 5.75 Å². The Morgan fingerprint density at radius 3 is 2.44 bits per heavy atom. The monoisotopic (exact) mass is 477 g/mol. The molecule has 34 heavy (non-hydrogen) atoms. The van der Waals surface area contributed by atoms with Crippen LogP contribution in [0.25, 0.3) is 10.9 Å². The maximum Gasteiger partial charge on any atom is 0.419 e. The molecule has 5 nitrogen and oxygen atoms in total. The van der Waals surface area contributed by atoms with E-state index in [1.807, 2.05) is 13.8 Å². The van der Waals surface area contributed by atoms with Gasteiger partial charge < -0.3 is 15.5 Å². The topological polar surface area (TPSA) is 78.3 Å². The van der Waals surface area contributed by atoms with E-state index in [0.29, 0.717) is 17.0 Å². The number of halogens is 4. The van der Waals surface area contributed by atoms with E-state index >= 15 is 0 Å². The molecule has 9 heteroatoms. The second-order valence-corrected chi connectivity index (χ2v) is 9.96. The summed E-state index contributed by atoms with van der Waals surface area (Å²) >= 11 is 0. The molecule has 0 aliphatic heterocycles. The fraction of sp³-hybridized carbons (Fsp3) is 0.440. The number of nitrogens with one attached hydrogen (secondary N) is 1. The number of rotatable bonds is 3. The van der Waals surface area contributed by atoms with Gasteiger partial charge in [0.1, 0.15) is 22.9 Å². The highest BCUT2D eigenvalue weighted by atomic mass is 19.4. The summed E-state index contributed by atoms with van der Waals surface area (Å²) in [5.41, 5.74) is -3.16. The van der Waals surface area contributed by atoms with Crippen LogP contribution in [0.3, 0.4) is 0 Å². The lowest BCUT2D eigenvalue weighted by molar-refractivity contribution is -0.275. The molecule has 3 N–H and O–H groups in total. The molecule has 1 aromatic heterocycles. The summed E-state index contributed by atoms with van der Waals surface area (Å²) < 4.78 is 57.7. The zero-order valence-electron chi connectivity index (χ0n) is 19.5. The third kappa shape index (κ3) is 3.66. The summed E-state index contributed by atoms with van der Waals surface area (Å²) in [6.07, 6.45) is -4.34. The molecule has 182 valence electrons. The number of benzene rings is 2. The molecule has 0 bridgehead atoms. The number of aromatic hydroxyl groups is 1. The molecule has 2 aromatic carbocycles. The number of hydrogen-bond donors (Lipinski definition) is 3. The van der Waals surface area contributed by atoms with Gasteiger partial charge in [-0.1, -0.05) is 39.8 Å². The van der Waals surface area contributed by atoms with Crippen LogP contribution in [-0.4, -0.2) is 32.0 Å². The van der Waals surface area contributed by atoms with Crippen LogP contribution in [0.1, 0.15) is 68.6 Å². The van der Waals surface area contributed by atoms with E-state index in [4.69, 9.17) is 0 Å². The van der Waals surface area contributed by atoms with E-state index in [1.54, 1.807) is 26.8 Å². The lowest BCUT2D eigenvalue weighted by Gasteiger charge is -2.49. The Kier molecular flexibility index (Phi) is 5.55. The first-order chi connectivity index (χ1) is 15.7. The molecular weight excluding hydrogens is 450 g/mol. The minimum absolute atomic E-state index is 0.0394. The molecule has 1 aliphatic rings. The van der Waals surface area contributed by atoms with Gasteiger partial charge in [-0.25, -0.2) is 14.4 Å². The Balaban J connectivity index is 1.97. The smallest absolute Gasteiger partial charge is 0.419 e. The van der Waals surface area contributed by atoms with Gasteiger partial charge in [-0.15, -0.1) is 0 Å². The van der Waals surface area contributed by atoms with Gasteiger partial charge in [-0.05, 0) is 47.9 Å². The average Bonchev–Trinajstić information content (AvgIpc) is 2.71. The SMILES string of the molecule is Cc1ncc2c(NC3c4ccc(C(C)C)c(O)c4C(C)(C)CC3(O)C(F)(F)F)ccc(F)c2n1. The van der Waals surface area contributed by atoms with Crippen molar-refractivity contribution in [2.75, 3.05) is 5.32 Å². The van der Waals surface area contributed by atoms with Crippen molar-refractivity contribution in [3.8, 4) is 5.75 Å². The highest BCUT2D eigenvalue weighted by Crippen LogP contribution is 2.57. The summed E-state index contributed by atoms with van der Waals surface area (Å²) in [5.74, 6) is -0.457. The third-order valence-corrected chi connectivity index (χ3v) is 6.65. The number of fused-ring (bicyclic) bond motifs is 2. The Bertz CT molecular complexity index is 1270. The number of phenolic OH excluding ortho intramolecular Hbond substituents is 1. The number of hydrogen-bond acceptors (Lipinski definition) is 5. The van der Waals surface area contributed by atoms with Crippen LogP contribution in [0.2, 0.25) is 0 Å². The molecule has 0 saturated carbocycles. The van der Waals surface area contributed by atoms with Crippen molar-refractivity contribution in [2.45, 2.75) is 70.2 Å². The predicted octanol–water partition coefficient (Wildman–Crippen LogP) is 6.03. The van der Waals surface area contributed by atoms with E-state index < -0.39 is 35.5 Å². The van der Waals surface area contributed by atoms with E-state index in [1.165, 1.54) is 18.3 Å². The largest absolute Gasteiger partial charge is 0.507 e. The highest BCUT2D eigenvalue weighted by Gasteiger charge is 2.64. The lowest BCUT2D eigenvalue weighted by Crippen LogP contribution is -2.58. The van der Waals surface area contributed by atoms with E-state index in [-0.39, 0.29) is 33.8 Å². The van der Waals surface area contributed by atoms with Crippen molar-refractivity contribution in [3.05, 3.63) is 58.8 Å². The van der Waals surface area contributed by atoms with Crippen molar-refractivity contribution >= 4 is 16.6 Å². The normalized spacial score (nSPS) is 22.1. The molecule has 0 amide bonds. The number of aromatic nitrogens is 2. The molecular formula is C25H27F4N3O2. The second kappa shape index (κ2) is 7.80. The number of aryl methyl sites for hydroxylation is 1. The summed E-state index contributed by atoms with van der Waals surface area (Å²) in [5, 5.41) is 25.2. The fourth-order valence-corrected chi connectivity index (χ4v) is 5.08. The van der Waals surface area contributed by atoms with E-state index in [0.717, 1.165) is 6.07 Å². The molecule has 1 aliphatic carbocycles. The van der Waals surface area contributed by atoms with Crippen molar-refractivity contribution < 1.29 is 27.8 Å². The van der Waals surface area contributed by atoms with Crippen molar-refractivity contribution in [2.24, 2.45) is 0 Å². The van der Waals surface area contributed by atoms with Crippen LogP contribution < -0.4 is 5.32 Å². The van der Waals surface area contributed by atoms with Crippen LogP contribution >= 0.6 is 0 Å².